The monoisotopic (exact) mass is 477 g/mol. The van der Waals surface area contributed by atoms with Crippen LogP contribution in [0.4, 0.5) is 18.9 Å². The molecule has 0 spiro atoms. The normalized spacial score (nSPS) is 14.2. The van der Waals surface area contributed by atoms with Crippen LogP contribution in [0.25, 0.3) is 5.69 Å². The van der Waals surface area contributed by atoms with E-state index in [1.54, 1.807) is 24.3 Å². The Labute approximate surface area is 192 Å². The van der Waals surface area contributed by atoms with E-state index < -0.39 is 23.3 Å². The van der Waals surface area contributed by atoms with Crippen LogP contribution in [0.15, 0.2) is 54.7 Å². The summed E-state index contributed by atoms with van der Waals surface area (Å²) >= 11 is 5.81. The molecule has 1 aromatic heterocycles. The van der Waals surface area contributed by atoms with Crippen LogP contribution < -0.4 is 15.5 Å². The maximum Gasteiger partial charge on any atom is 0.434 e. The molecular formula is C22H19ClF3N5O2. The molecule has 0 bridgehead atoms. The van der Waals surface area contributed by atoms with Crippen molar-refractivity contribution in [1.29, 1.82) is 0 Å². The molecular weight excluding hydrogens is 459 g/mol. The van der Waals surface area contributed by atoms with E-state index in [9.17, 15) is 22.8 Å². The van der Waals surface area contributed by atoms with Gasteiger partial charge in [0.2, 0.25) is 5.91 Å². The number of piperazine rings is 1. The molecule has 0 atom stereocenters. The van der Waals surface area contributed by atoms with E-state index in [0.29, 0.717) is 28.4 Å². The number of halogens is 4. The summed E-state index contributed by atoms with van der Waals surface area (Å²) in [6, 6.07) is 12.8. The molecule has 2 N–H and O–H groups in total. The van der Waals surface area contributed by atoms with Gasteiger partial charge in [-0.1, -0.05) is 23.7 Å². The van der Waals surface area contributed by atoms with E-state index >= 15 is 0 Å². The number of nitrogens with one attached hydrogen (secondary N) is 2. The van der Waals surface area contributed by atoms with E-state index in [2.05, 4.69) is 15.7 Å². The molecule has 4 rings (SSSR count). The van der Waals surface area contributed by atoms with Gasteiger partial charge >= 0.3 is 6.18 Å². The van der Waals surface area contributed by atoms with Crippen molar-refractivity contribution < 1.29 is 22.8 Å². The van der Waals surface area contributed by atoms with Crippen LogP contribution in [0.1, 0.15) is 21.6 Å². The van der Waals surface area contributed by atoms with Crippen molar-refractivity contribution in [3.8, 4) is 5.69 Å². The number of hydrogen-bond acceptors (Lipinski definition) is 4. The third kappa shape index (κ3) is 5.11. The highest BCUT2D eigenvalue weighted by molar-refractivity contribution is 6.30. The van der Waals surface area contributed by atoms with Crippen LogP contribution in [0.3, 0.4) is 0 Å². The van der Waals surface area contributed by atoms with Crippen LogP contribution in [-0.2, 0) is 17.5 Å². The van der Waals surface area contributed by atoms with Crippen LogP contribution in [-0.4, -0.2) is 41.2 Å². The molecule has 2 amide bonds. The highest BCUT2D eigenvalue weighted by atomic mass is 35.5. The summed E-state index contributed by atoms with van der Waals surface area (Å²) < 4.78 is 42.0. The fraction of sp³-hybridized carbons (Fsp3) is 0.227. The number of anilines is 1. The third-order valence-electron chi connectivity index (χ3n) is 5.15. The Morgan fingerprint density at radius 1 is 1.09 bits per heavy atom. The number of carbonyl (C=O) groups is 2. The summed E-state index contributed by atoms with van der Waals surface area (Å²) in [4.78, 5) is 26.1. The number of aromatic nitrogens is 2. The molecule has 1 aliphatic heterocycles. The second-order valence-electron chi connectivity index (χ2n) is 7.41. The molecule has 0 radical (unpaired) electrons. The van der Waals surface area contributed by atoms with Gasteiger partial charge in [-0.05, 0) is 42.0 Å². The van der Waals surface area contributed by atoms with Crippen LogP contribution in [0.2, 0.25) is 5.02 Å². The first-order chi connectivity index (χ1) is 15.7. The molecule has 172 valence electrons. The number of hydrogen-bond donors (Lipinski definition) is 2. The standard InChI is InChI=1S/C22H19ClF3N5O2/c23-15-3-7-17(8-4-15)31-20(22(24,25)26)18(12-29-31)21(33)28-11-14-1-5-16(6-2-14)30-10-9-27-19(32)13-30/h1-8,12H,9-11,13H2,(H,27,32)(H,28,33). The summed E-state index contributed by atoms with van der Waals surface area (Å²) in [5, 5.41) is 9.42. The Balaban J connectivity index is 1.48. The molecule has 33 heavy (non-hydrogen) atoms. The Morgan fingerprint density at radius 3 is 2.39 bits per heavy atom. The molecule has 2 heterocycles. The van der Waals surface area contributed by atoms with Gasteiger partial charge in [-0.15, -0.1) is 0 Å². The van der Waals surface area contributed by atoms with Gasteiger partial charge in [0.15, 0.2) is 5.69 Å². The van der Waals surface area contributed by atoms with E-state index in [0.717, 1.165) is 11.9 Å². The summed E-state index contributed by atoms with van der Waals surface area (Å²) in [6.45, 7) is 1.53. The molecule has 3 aromatic rings. The minimum Gasteiger partial charge on any atom is -0.360 e. The minimum atomic E-state index is -4.80. The third-order valence-corrected chi connectivity index (χ3v) is 5.40. The van der Waals surface area contributed by atoms with Crippen LogP contribution in [0.5, 0.6) is 0 Å². The predicted octanol–water partition coefficient (Wildman–Crippen LogP) is 3.41. The smallest absolute Gasteiger partial charge is 0.360 e. The Kier molecular flexibility index (Phi) is 6.28. The largest absolute Gasteiger partial charge is 0.434 e. The molecule has 7 nitrogen and oxygen atoms in total. The lowest BCUT2D eigenvalue weighted by Crippen LogP contribution is -2.47. The van der Waals surface area contributed by atoms with Gasteiger partial charge in [0.25, 0.3) is 5.91 Å². The minimum absolute atomic E-state index is 0.0308. The van der Waals surface area contributed by atoms with Gasteiger partial charge in [-0.3, -0.25) is 9.59 Å². The first kappa shape index (κ1) is 22.7. The molecule has 0 unspecified atom stereocenters. The van der Waals surface area contributed by atoms with Crippen molar-refractivity contribution in [3.63, 3.8) is 0 Å². The Morgan fingerprint density at radius 2 is 1.76 bits per heavy atom. The van der Waals surface area contributed by atoms with Gasteiger partial charge in [0.05, 0.1) is 24.0 Å². The second-order valence-corrected chi connectivity index (χ2v) is 7.85. The number of amides is 2. The van der Waals surface area contributed by atoms with E-state index in [1.165, 1.54) is 24.3 Å². The zero-order valence-electron chi connectivity index (χ0n) is 17.2. The quantitative estimate of drug-likeness (QED) is 0.590. The number of carbonyl (C=O) groups excluding carboxylic acids is 2. The van der Waals surface area contributed by atoms with Gasteiger partial charge < -0.3 is 15.5 Å². The summed E-state index contributed by atoms with van der Waals surface area (Å²) in [5.41, 5.74) is -0.0575. The van der Waals surface area contributed by atoms with Crippen molar-refractivity contribution in [2.45, 2.75) is 12.7 Å². The second kappa shape index (κ2) is 9.14. The van der Waals surface area contributed by atoms with Gasteiger partial charge in [-0.2, -0.15) is 18.3 Å². The molecule has 0 saturated carbocycles. The predicted molar refractivity (Wildman–Crippen MR) is 116 cm³/mol. The number of alkyl halides is 3. The van der Waals surface area contributed by atoms with Crippen molar-refractivity contribution in [2.75, 3.05) is 24.5 Å². The lowest BCUT2D eigenvalue weighted by atomic mass is 10.1. The van der Waals surface area contributed by atoms with Gasteiger partial charge in [0, 0.05) is 30.3 Å². The van der Waals surface area contributed by atoms with Crippen molar-refractivity contribution in [1.82, 2.24) is 20.4 Å². The molecule has 11 heteroatoms. The van der Waals surface area contributed by atoms with Crippen LogP contribution in [0, 0.1) is 0 Å². The lowest BCUT2D eigenvalue weighted by Gasteiger charge is -2.28. The first-order valence-corrected chi connectivity index (χ1v) is 10.4. The highest BCUT2D eigenvalue weighted by Gasteiger charge is 2.40. The van der Waals surface area contributed by atoms with Gasteiger partial charge in [0.1, 0.15) is 0 Å². The zero-order chi connectivity index (χ0) is 23.6. The maximum absolute atomic E-state index is 13.8. The lowest BCUT2D eigenvalue weighted by molar-refractivity contribution is -0.143. The molecule has 1 aliphatic rings. The first-order valence-electron chi connectivity index (χ1n) is 10.0. The fourth-order valence-electron chi connectivity index (χ4n) is 3.53. The average Bonchev–Trinajstić information content (AvgIpc) is 3.24. The van der Waals surface area contributed by atoms with E-state index in [-0.39, 0.29) is 24.7 Å². The Hall–Kier alpha value is -3.53. The van der Waals surface area contributed by atoms with Crippen molar-refractivity contribution >= 4 is 29.1 Å². The number of nitrogens with zero attached hydrogens (tertiary/aromatic N) is 3. The molecule has 2 aromatic carbocycles. The van der Waals surface area contributed by atoms with Gasteiger partial charge in [-0.25, -0.2) is 4.68 Å². The van der Waals surface area contributed by atoms with Crippen molar-refractivity contribution in [2.24, 2.45) is 0 Å². The summed E-state index contributed by atoms with van der Waals surface area (Å²) in [5.74, 6) is -0.948. The van der Waals surface area contributed by atoms with Crippen LogP contribution >= 0.6 is 11.6 Å². The topological polar surface area (TPSA) is 79.3 Å². The van der Waals surface area contributed by atoms with Crippen molar-refractivity contribution in [3.05, 3.63) is 76.6 Å². The number of benzene rings is 2. The maximum atomic E-state index is 13.8. The molecule has 0 aliphatic carbocycles. The van der Waals surface area contributed by atoms with E-state index in [1.807, 2.05) is 4.90 Å². The fourth-order valence-corrected chi connectivity index (χ4v) is 3.65. The summed E-state index contributed by atoms with van der Waals surface area (Å²) in [6.07, 6.45) is -3.90. The molecule has 1 saturated heterocycles. The van der Waals surface area contributed by atoms with E-state index in [4.69, 9.17) is 11.6 Å². The molecule has 1 fully saturated rings. The highest BCUT2D eigenvalue weighted by Crippen LogP contribution is 2.34. The zero-order valence-corrected chi connectivity index (χ0v) is 18.0. The number of rotatable bonds is 5. The summed E-state index contributed by atoms with van der Waals surface area (Å²) in [7, 11) is 0. The Bertz CT molecular complexity index is 1160. The SMILES string of the molecule is O=C1CN(c2ccc(CNC(=O)c3cnn(-c4ccc(Cl)cc4)c3C(F)(F)F)cc2)CCN1. The average molecular weight is 478 g/mol.